The first kappa shape index (κ1) is 13.6. The first-order chi connectivity index (χ1) is 9.75. The molecule has 0 aromatic carbocycles. The molecule has 6 nitrogen and oxygen atoms in total. The van der Waals surface area contributed by atoms with Gasteiger partial charge in [0, 0.05) is 37.8 Å². The van der Waals surface area contributed by atoms with E-state index in [9.17, 15) is 4.79 Å². The highest BCUT2D eigenvalue weighted by atomic mass is 16.5. The molecule has 3 rings (SSSR count). The van der Waals surface area contributed by atoms with Crippen molar-refractivity contribution < 1.29 is 14.1 Å². The summed E-state index contributed by atoms with van der Waals surface area (Å²) in [5, 5.41) is 3.84. The molecule has 3 heterocycles. The number of aromatic nitrogens is 1. The quantitative estimate of drug-likeness (QED) is 0.823. The Hall–Kier alpha value is -1.40. The average Bonchev–Trinajstić information content (AvgIpc) is 3.08. The van der Waals surface area contributed by atoms with Crippen molar-refractivity contribution in [2.75, 3.05) is 39.4 Å². The summed E-state index contributed by atoms with van der Waals surface area (Å²) in [5.74, 6) is 0.00649. The van der Waals surface area contributed by atoms with Gasteiger partial charge in [-0.3, -0.25) is 9.69 Å². The third-order valence-electron chi connectivity index (χ3n) is 4.16. The van der Waals surface area contributed by atoms with Crippen molar-refractivity contribution in [3.8, 4) is 0 Å². The summed E-state index contributed by atoms with van der Waals surface area (Å²) in [6.07, 6.45) is 3.66. The normalized spacial score (nSPS) is 24.2. The molecule has 1 aromatic heterocycles. The van der Waals surface area contributed by atoms with E-state index in [0.29, 0.717) is 5.69 Å². The minimum absolute atomic E-state index is 0.00649. The van der Waals surface area contributed by atoms with Crippen LogP contribution in [0.5, 0.6) is 0 Å². The fourth-order valence-corrected chi connectivity index (χ4v) is 3.00. The van der Waals surface area contributed by atoms with E-state index in [1.54, 1.807) is 0 Å². The van der Waals surface area contributed by atoms with Crippen molar-refractivity contribution in [3.63, 3.8) is 0 Å². The Morgan fingerprint density at radius 3 is 2.90 bits per heavy atom. The molecule has 0 spiro atoms. The smallest absolute Gasteiger partial charge is 0.276 e. The molecule has 0 saturated carbocycles. The van der Waals surface area contributed by atoms with E-state index in [4.69, 9.17) is 9.26 Å². The second-order valence-corrected chi connectivity index (χ2v) is 5.55. The summed E-state index contributed by atoms with van der Waals surface area (Å²) >= 11 is 0. The summed E-state index contributed by atoms with van der Waals surface area (Å²) in [4.78, 5) is 16.9. The zero-order chi connectivity index (χ0) is 13.9. The second-order valence-electron chi connectivity index (χ2n) is 5.55. The highest BCUT2D eigenvalue weighted by Gasteiger charge is 2.32. The summed E-state index contributed by atoms with van der Waals surface area (Å²) in [6, 6.07) is 0.289. The summed E-state index contributed by atoms with van der Waals surface area (Å²) < 4.78 is 10.3. The number of morpholine rings is 1. The predicted octanol–water partition coefficient (Wildman–Crippen LogP) is 0.920. The molecular formula is C14H21N3O3. The number of ether oxygens (including phenoxy) is 1. The zero-order valence-corrected chi connectivity index (χ0v) is 11.9. The molecule has 1 aromatic rings. The van der Waals surface area contributed by atoms with Crippen LogP contribution < -0.4 is 0 Å². The number of carbonyl (C=O) groups excluding carboxylic acids is 1. The number of carbonyl (C=O) groups is 1. The van der Waals surface area contributed by atoms with Crippen LogP contribution >= 0.6 is 0 Å². The molecule has 1 amide bonds. The molecule has 20 heavy (non-hydrogen) atoms. The van der Waals surface area contributed by atoms with E-state index in [2.05, 4.69) is 10.1 Å². The van der Waals surface area contributed by atoms with Crippen molar-refractivity contribution in [2.24, 2.45) is 0 Å². The monoisotopic (exact) mass is 279 g/mol. The van der Waals surface area contributed by atoms with Crippen LogP contribution in [0.2, 0.25) is 0 Å². The van der Waals surface area contributed by atoms with E-state index in [1.807, 2.05) is 11.8 Å². The maximum absolute atomic E-state index is 12.5. The van der Waals surface area contributed by atoms with Crippen LogP contribution in [-0.4, -0.2) is 66.3 Å². The van der Waals surface area contributed by atoms with Crippen molar-refractivity contribution >= 4 is 5.91 Å². The third-order valence-corrected chi connectivity index (χ3v) is 4.16. The van der Waals surface area contributed by atoms with Gasteiger partial charge >= 0.3 is 0 Å². The minimum Gasteiger partial charge on any atom is -0.379 e. The number of hydrogen-bond donors (Lipinski definition) is 0. The Morgan fingerprint density at radius 2 is 2.20 bits per heavy atom. The van der Waals surface area contributed by atoms with Gasteiger partial charge in [-0.1, -0.05) is 5.16 Å². The van der Waals surface area contributed by atoms with E-state index >= 15 is 0 Å². The molecule has 6 heteroatoms. The lowest BCUT2D eigenvalue weighted by Gasteiger charge is -2.32. The fraction of sp³-hybridized carbons (Fsp3) is 0.714. The predicted molar refractivity (Wildman–Crippen MR) is 72.6 cm³/mol. The van der Waals surface area contributed by atoms with Gasteiger partial charge in [-0.25, -0.2) is 0 Å². The Balaban J connectivity index is 1.66. The van der Waals surface area contributed by atoms with Gasteiger partial charge in [0.15, 0.2) is 5.69 Å². The van der Waals surface area contributed by atoms with Gasteiger partial charge in [0.2, 0.25) is 0 Å². The van der Waals surface area contributed by atoms with Gasteiger partial charge in [-0.2, -0.15) is 0 Å². The fourth-order valence-electron chi connectivity index (χ4n) is 3.00. The second kappa shape index (κ2) is 5.93. The van der Waals surface area contributed by atoms with Gasteiger partial charge in [-0.05, 0) is 19.8 Å². The Kier molecular flexibility index (Phi) is 4.03. The zero-order valence-electron chi connectivity index (χ0n) is 11.9. The van der Waals surface area contributed by atoms with Crippen LogP contribution in [-0.2, 0) is 4.74 Å². The largest absolute Gasteiger partial charge is 0.379 e. The molecule has 0 bridgehead atoms. The van der Waals surface area contributed by atoms with E-state index in [1.165, 1.54) is 6.26 Å². The van der Waals surface area contributed by atoms with Crippen molar-refractivity contribution in [1.82, 2.24) is 15.0 Å². The van der Waals surface area contributed by atoms with Gasteiger partial charge in [0.25, 0.3) is 5.91 Å². The van der Waals surface area contributed by atoms with Crippen LogP contribution in [0.4, 0.5) is 0 Å². The Bertz CT molecular complexity index is 468. The van der Waals surface area contributed by atoms with Crippen LogP contribution in [0.25, 0.3) is 0 Å². The van der Waals surface area contributed by atoms with E-state index in [-0.39, 0.29) is 11.9 Å². The lowest BCUT2D eigenvalue weighted by molar-refractivity contribution is 0.0260. The topological polar surface area (TPSA) is 58.8 Å². The summed E-state index contributed by atoms with van der Waals surface area (Å²) in [5.41, 5.74) is 1.27. The SMILES string of the molecule is Cc1conc1C(=O)N1CCCC1CN1CCOCC1. The van der Waals surface area contributed by atoms with E-state index < -0.39 is 0 Å². The summed E-state index contributed by atoms with van der Waals surface area (Å²) in [6.45, 7) is 7.12. The average molecular weight is 279 g/mol. The molecule has 2 fully saturated rings. The molecule has 0 radical (unpaired) electrons. The molecule has 2 aliphatic heterocycles. The van der Waals surface area contributed by atoms with Crippen LogP contribution in [0.15, 0.2) is 10.8 Å². The maximum atomic E-state index is 12.5. The molecule has 2 aliphatic rings. The maximum Gasteiger partial charge on any atom is 0.276 e. The molecule has 0 N–H and O–H groups in total. The number of likely N-dealkylation sites (tertiary alicyclic amines) is 1. The lowest BCUT2D eigenvalue weighted by atomic mass is 10.2. The highest BCUT2D eigenvalue weighted by molar-refractivity contribution is 5.93. The number of amides is 1. The molecular weight excluding hydrogens is 258 g/mol. The van der Waals surface area contributed by atoms with Gasteiger partial charge < -0.3 is 14.2 Å². The van der Waals surface area contributed by atoms with Gasteiger partial charge in [0.1, 0.15) is 6.26 Å². The molecule has 110 valence electrons. The first-order valence-corrected chi connectivity index (χ1v) is 7.28. The van der Waals surface area contributed by atoms with Gasteiger partial charge in [0.05, 0.1) is 13.2 Å². The lowest BCUT2D eigenvalue weighted by Crippen LogP contribution is -2.46. The molecule has 0 aliphatic carbocycles. The van der Waals surface area contributed by atoms with Crippen molar-refractivity contribution in [1.29, 1.82) is 0 Å². The standard InChI is InChI=1S/C14H21N3O3/c1-11-10-20-15-13(11)14(18)17-4-2-3-12(17)9-16-5-7-19-8-6-16/h10,12H,2-9H2,1H3. The van der Waals surface area contributed by atoms with Crippen LogP contribution in [0, 0.1) is 6.92 Å². The van der Waals surface area contributed by atoms with Gasteiger partial charge in [-0.15, -0.1) is 0 Å². The molecule has 1 unspecified atom stereocenters. The number of hydrogen-bond acceptors (Lipinski definition) is 5. The van der Waals surface area contributed by atoms with Crippen LogP contribution in [0.3, 0.4) is 0 Å². The third kappa shape index (κ3) is 2.71. The molecule has 2 saturated heterocycles. The number of rotatable bonds is 3. The Morgan fingerprint density at radius 1 is 1.40 bits per heavy atom. The van der Waals surface area contributed by atoms with E-state index in [0.717, 1.165) is 57.8 Å². The number of aryl methyl sites for hydroxylation is 1. The minimum atomic E-state index is 0.00649. The van der Waals surface area contributed by atoms with Crippen molar-refractivity contribution in [3.05, 3.63) is 17.5 Å². The van der Waals surface area contributed by atoms with Crippen LogP contribution in [0.1, 0.15) is 28.9 Å². The Labute approximate surface area is 118 Å². The highest BCUT2D eigenvalue weighted by Crippen LogP contribution is 2.22. The summed E-state index contributed by atoms with van der Waals surface area (Å²) in [7, 11) is 0. The number of nitrogens with zero attached hydrogens (tertiary/aromatic N) is 3. The molecule has 1 atom stereocenters. The van der Waals surface area contributed by atoms with Crippen molar-refractivity contribution in [2.45, 2.75) is 25.8 Å². The first-order valence-electron chi connectivity index (χ1n) is 7.28.